The van der Waals surface area contributed by atoms with Crippen molar-refractivity contribution in [3.8, 4) is 6.07 Å². The summed E-state index contributed by atoms with van der Waals surface area (Å²) in [7, 11) is 1.57. The summed E-state index contributed by atoms with van der Waals surface area (Å²) < 4.78 is 0. The van der Waals surface area contributed by atoms with Crippen LogP contribution in [0.25, 0.3) is 0 Å². The van der Waals surface area contributed by atoms with Gasteiger partial charge >= 0.3 is 0 Å². The molecule has 0 aliphatic rings. The van der Waals surface area contributed by atoms with Crippen LogP contribution < -0.4 is 10.6 Å². The van der Waals surface area contributed by atoms with E-state index in [0.717, 1.165) is 0 Å². The summed E-state index contributed by atoms with van der Waals surface area (Å²) in [5, 5.41) is 24.2. The molecule has 1 rings (SSSR count). The highest BCUT2D eigenvalue weighted by atomic mass is 16.6. The van der Waals surface area contributed by atoms with Crippen LogP contribution in [0.2, 0.25) is 0 Å². The first-order valence-electron chi connectivity index (χ1n) is 4.92. The second-order valence-corrected chi connectivity index (χ2v) is 3.22. The van der Waals surface area contributed by atoms with Gasteiger partial charge < -0.3 is 10.6 Å². The zero-order chi connectivity index (χ0) is 13.5. The molecule has 0 saturated heterocycles. The molecule has 92 valence electrons. The number of amides is 1. The van der Waals surface area contributed by atoms with E-state index >= 15 is 0 Å². The minimum Gasteiger partial charge on any atom is -0.393 e. The van der Waals surface area contributed by atoms with Gasteiger partial charge in [0.2, 0.25) is 0 Å². The molecule has 18 heavy (non-hydrogen) atoms. The summed E-state index contributed by atoms with van der Waals surface area (Å²) in [6.45, 7) is 0. The van der Waals surface area contributed by atoms with Crippen molar-refractivity contribution in [2.75, 3.05) is 12.4 Å². The molecule has 7 nitrogen and oxygen atoms in total. The summed E-state index contributed by atoms with van der Waals surface area (Å²) in [5.74, 6) is -0.583. The molecule has 1 amide bonds. The molecule has 0 aromatic heterocycles. The number of hydrogen-bond acceptors (Lipinski definition) is 5. The van der Waals surface area contributed by atoms with Crippen LogP contribution in [-0.4, -0.2) is 17.9 Å². The van der Waals surface area contributed by atoms with Crippen molar-refractivity contribution < 1.29 is 9.72 Å². The molecule has 2 N–H and O–H groups in total. The van der Waals surface area contributed by atoms with E-state index in [1.807, 2.05) is 0 Å². The molecule has 7 heteroatoms. The molecule has 0 saturated carbocycles. The molecule has 0 radical (unpaired) electrons. The van der Waals surface area contributed by atoms with Crippen molar-refractivity contribution in [1.29, 1.82) is 5.26 Å². The van der Waals surface area contributed by atoms with Crippen molar-refractivity contribution in [3.63, 3.8) is 0 Å². The molecule has 0 atom stereocenters. The Balaban J connectivity index is 2.80. The van der Waals surface area contributed by atoms with Crippen LogP contribution >= 0.6 is 0 Å². The fraction of sp³-hybridized carbons (Fsp3) is 0.0909. The molecule has 1 aromatic carbocycles. The second kappa shape index (κ2) is 6.00. The van der Waals surface area contributed by atoms with E-state index in [2.05, 4.69) is 10.6 Å². The van der Waals surface area contributed by atoms with E-state index in [1.165, 1.54) is 30.5 Å². The van der Waals surface area contributed by atoms with Crippen LogP contribution in [0.5, 0.6) is 0 Å². The SMILES string of the molecule is CN/C=C(/C#N)C(=O)Nc1ccc([N+](=O)[O-])cc1. The highest BCUT2D eigenvalue weighted by Crippen LogP contribution is 2.15. The van der Waals surface area contributed by atoms with Crippen LogP contribution in [0, 0.1) is 21.4 Å². The van der Waals surface area contributed by atoms with E-state index in [1.54, 1.807) is 13.1 Å². The van der Waals surface area contributed by atoms with Crippen LogP contribution in [0.1, 0.15) is 0 Å². The third kappa shape index (κ3) is 3.31. The van der Waals surface area contributed by atoms with Gasteiger partial charge in [-0.25, -0.2) is 0 Å². The van der Waals surface area contributed by atoms with Gasteiger partial charge in [0.1, 0.15) is 11.6 Å². The normalized spacial score (nSPS) is 10.3. The largest absolute Gasteiger partial charge is 0.393 e. The molecular weight excluding hydrogens is 236 g/mol. The number of nitro groups is 1. The van der Waals surface area contributed by atoms with Crippen molar-refractivity contribution in [1.82, 2.24) is 5.32 Å². The van der Waals surface area contributed by atoms with E-state index in [9.17, 15) is 14.9 Å². The van der Waals surface area contributed by atoms with E-state index in [-0.39, 0.29) is 11.3 Å². The zero-order valence-electron chi connectivity index (χ0n) is 9.51. The summed E-state index contributed by atoms with van der Waals surface area (Å²) >= 11 is 0. The van der Waals surface area contributed by atoms with Crippen molar-refractivity contribution in [3.05, 3.63) is 46.2 Å². The number of carbonyl (C=O) groups excluding carboxylic acids is 1. The average Bonchev–Trinajstić information content (AvgIpc) is 2.36. The summed E-state index contributed by atoms with van der Waals surface area (Å²) in [6.07, 6.45) is 1.26. The van der Waals surface area contributed by atoms with Crippen LogP contribution in [0.3, 0.4) is 0 Å². The summed E-state index contributed by atoms with van der Waals surface area (Å²) in [5.41, 5.74) is 0.220. The van der Waals surface area contributed by atoms with Crippen molar-refractivity contribution >= 4 is 17.3 Å². The number of benzene rings is 1. The predicted octanol–water partition coefficient (Wildman–Crippen LogP) is 1.16. The fourth-order valence-corrected chi connectivity index (χ4v) is 1.16. The Morgan fingerprint density at radius 2 is 2.06 bits per heavy atom. The number of hydrogen-bond donors (Lipinski definition) is 2. The minimum atomic E-state index is -0.583. The van der Waals surface area contributed by atoms with Gasteiger partial charge in [-0.3, -0.25) is 14.9 Å². The fourth-order valence-electron chi connectivity index (χ4n) is 1.16. The van der Waals surface area contributed by atoms with Crippen LogP contribution in [-0.2, 0) is 4.79 Å². The quantitative estimate of drug-likeness (QED) is 0.358. The predicted molar refractivity (Wildman–Crippen MR) is 64.5 cm³/mol. The second-order valence-electron chi connectivity index (χ2n) is 3.22. The maximum absolute atomic E-state index is 11.6. The number of anilines is 1. The van der Waals surface area contributed by atoms with Crippen LogP contribution in [0.15, 0.2) is 36.0 Å². The Morgan fingerprint density at radius 3 is 2.50 bits per heavy atom. The number of non-ortho nitro benzene ring substituents is 1. The Hall–Kier alpha value is -2.88. The molecular formula is C11H10N4O3. The number of nitriles is 1. The van der Waals surface area contributed by atoms with Gasteiger partial charge in [-0.15, -0.1) is 0 Å². The van der Waals surface area contributed by atoms with Crippen molar-refractivity contribution in [2.45, 2.75) is 0 Å². The number of nitrogens with one attached hydrogen (secondary N) is 2. The molecule has 0 fully saturated rings. The van der Waals surface area contributed by atoms with E-state index in [4.69, 9.17) is 5.26 Å². The van der Waals surface area contributed by atoms with Crippen molar-refractivity contribution in [2.24, 2.45) is 0 Å². The van der Waals surface area contributed by atoms with Gasteiger partial charge in [0.15, 0.2) is 0 Å². The van der Waals surface area contributed by atoms with Gasteiger partial charge in [-0.05, 0) is 12.1 Å². The lowest BCUT2D eigenvalue weighted by Gasteiger charge is -2.03. The van der Waals surface area contributed by atoms with Gasteiger partial charge in [0.05, 0.1) is 4.92 Å². The monoisotopic (exact) mass is 246 g/mol. The summed E-state index contributed by atoms with van der Waals surface area (Å²) in [6, 6.07) is 7.05. The Kier molecular flexibility index (Phi) is 4.40. The molecule has 0 bridgehead atoms. The van der Waals surface area contributed by atoms with Gasteiger partial charge in [-0.1, -0.05) is 0 Å². The summed E-state index contributed by atoms with van der Waals surface area (Å²) in [4.78, 5) is 21.5. The van der Waals surface area contributed by atoms with E-state index < -0.39 is 10.8 Å². The topological polar surface area (TPSA) is 108 Å². The smallest absolute Gasteiger partial charge is 0.269 e. The standard InChI is InChI=1S/C11H10N4O3/c1-13-7-8(6-12)11(16)14-9-2-4-10(5-3-9)15(17)18/h2-5,7,13H,1H3,(H,14,16)/b8-7-. The average molecular weight is 246 g/mol. The molecule has 1 aromatic rings. The molecule has 0 spiro atoms. The lowest BCUT2D eigenvalue weighted by atomic mass is 10.2. The lowest BCUT2D eigenvalue weighted by molar-refractivity contribution is -0.384. The molecule has 0 aliphatic heterocycles. The van der Waals surface area contributed by atoms with Gasteiger partial charge in [0, 0.05) is 31.1 Å². The number of carbonyl (C=O) groups is 1. The number of nitrogens with zero attached hydrogens (tertiary/aromatic N) is 2. The zero-order valence-corrected chi connectivity index (χ0v) is 9.51. The van der Waals surface area contributed by atoms with Gasteiger partial charge in [-0.2, -0.15) is 5.26 Å². The first-order valence-corrected chi connectivity index (χ1v) is 4.92. The number of nitro benzene ring substituents is 1. The maximum atomic E-state index is 11.6. The molecule has 0 aliphatic carbocycles. The third-order valence-corrected chi connectivity index (χ3v) is 1.99. The van der Waals surface area contributed by atoms with E-state index in [0.29, 0.717) is 5.69 Å². The lowest BCUT2D eigenvalue weighted by Crippen LogP contribution is -2.15. The highest BCUT2D eigenvalue weighted by Gasteiger charge is 2.10. The molecule has 0 unspecified atom stereocenters. The Bertz CT molecular complexity index is 528. The minimum absolute atomic E-state index is 0.0701. The first-order chi connectivity index (χ1) is 8.58. The first kappa shape index (κ1) is 13.2. The Morgan fingerprint density at radius 1 is 1.44 bits per heavy atom. The third-order valence-electron chi connectivity index (χ3n) is 1.99. The Labute approximate surface area is 103 Å². The molecule has 0 heterocycles. The highest BCUT2D eigenvalue weighted by molar-refractivity contribution is 6.06. The number of rotatable bonds is 4. The van der Waals surface area contributed by atoms with Crippen LogP contribution in [0.4, 0.5) is 11.4 Å². The maximum Gasteiger partial charge on any atom is 0.269 e. The van der Waals surface area contributed by atoms with Gasteiger partial charge in [0.25, 0.3) is 11.6 Å².